The van der Waals surface area contributed by atoms with E-state index < -0.39 is 5.91 Å². The van der Waals surface area contributed by atoms with Gasteiger partial charge in [-0.25, -0.2) is 0 Å². The summed E-state index contributed by atoms with van der Waals surface area (Å²) in [5.74, 6) is 1.02. The summed E-state index contributed by atoms with van der Waals surface area (Å²) in [5.41, 5.74) is 5.91. The number of para-hydroxylation sites is 1. The molecular weight excluding hydrogens is 226 g/mol. The van der Waals surface area contributed by atoms with E-state index in [1.165, 1.54) is 6.08 Å². The maximum Gasteiger partial charge on any atom is 0.241 e. The molecule has 0 unspecified atom stereocenters. The summed E-state index contributed by atoms with van der Waals surface area (Å²) >= 11 is 0. The van der Waals surface area contributed by atoms with Crippen molar-refractivity contribution in [2.24, 2.45) is 5.73 Å². The predicted molar refractivity (Wildman–Crippen MR) is 71.2 cm³/mol. The highest BCUT2D eigenvalue weighted by atomic mass is 16.5. The average molecular weight is 239 g/mol. The lowest BCUT2D eigenvalue weighted by molar-refractivity contribution is -0.113. The maximum absolute atomic E-state index is 10.7. The number of nitrogens with two attached hydrogens (primary N) is 1. The van der Waals surface area contributed by atoms with E-state index in [-0.39, 0.29) is 0 Å². The Balaban J connectivity index is 2.15. The SMILES string of the molecule is NC(=O)/C=C\c1cccc(Oc2ccccc2)c1. The Hall–Kier alpha value is -2.55. The summed E-state index contributed by atoms with van der Waals surface area (Å²) in [6, 6.07) is 16.9. The molecule has 0 atom stereocenters. The van der Waals surface area contributed by atoms with E-state index in [0.717, 1.165) is 11.3 Å². The smallest absolute Gasteiger partial charge is 0.241 e. The fourth-order valence-corrected chi connectivity index (χ4v) is 1.48. The molecule has 3 heteroatoms. The third-order valence-corrected chi connectivity index (χ3v) is 2.28. The van der Waals surface area contributed by atoms with Crippen LogP contribution in [0.25, 0.3) is 6.08 Å². The van der Waals surface area contributed by atoms with Crippen LogP contribution in [0.15, 0.2) is 60.7 Å². The molecule has 0 spiro atoms. The number of hydrogen-bond acceptors (Lipinski definition) is 2. The van der Waals surface area contributed by atoms with Gasteiger partial charge in [-0.2, -0.15) is 0 Å². The zero-order chi connectivity index (χ0) is 12.8. The lowest BCUT2D eigenvalue weighted by Crippen LogP contribution is -2.05. The van der Waals surface area contributed by atoms with Crippen molar-refractivity contribution >= 4 is 12.0 Å². The van der Waals surface area contributed by atoms with Crippen molar-refractivity contribution in [1.82, 2.24) is 0 Å². The third-order valence-electron chi connectivity index (χ3n) is 2.28. The predicted octanol–water partition coefficient (Wildman–Crippen LogP) is 2.98. The quantitative estimate of drug-likeness (QED) is 0.834. The van der Waals surface area contributed by atoms with Gasteiger partial charge in [-0.1, -0.05) is 30.3 Å². The van der Waals surface area contributed by atoms with Crippen LogP contribution in [0.1, 0.15) is 5.56 Å². The van der Waals surface area contributed by atoms with Crippen molar-refractivity contribution in [2.45, 2.75) is 0 Å². The Bertz CT molecular complexity index is 562. The van der Waals surface area contributed by atoms with Gasteiger partial charge in [0, 0.05) is 6.08 Å². The van der Waals surface area contributed by atoms with Gasteiger partial charge in [0.2, 0.25) is 5.91 Å². The van der Waals surface area contributed by atoms with Crippen LogP contribution in [-0.2, 0) is 4.79 Å². The van der Waals surface area contributed by atoms with Crippen LogP contribution in [-0.4, -0.2) is 5.91 Å². The fraction of sp³-hybridized carbons (Fsp3) is 0. The fourth-order valence-electron chi connectivity index (χ4n) is 1.48. The van der Waals surface area contributed by atoms with E-state index in [2.05, 4.69) is 0 Å². The summed E-state index contributed by atoms with van der Waals surface area (Å²) in [6.45, 7) is 0. The Morgan fingerprint density at radius 3 is 2.44 bits per heavy atom. The molecule has 90 valence electrons. The highest BCUT2D eigenvalue weighted by molar-refractivity contribution is 5.90. The van der Waals surface area contributed by atoms with E-state index >= 15 is 0 Å². The molecule has 0 fully saturated rings. The standard InChI is InChI=1S/C15H13NO2/c16-15(17)10-9-12-5-4-8-14(11-12)18-13-6-2-1-3-7-13/h1-11H,(H2,16,17)/b10-9-. The minimum absolute atomic E-state index is 0.468. The molecule has 1 amide bonds. The summed E-state index contributed by atoms with van der Waals surface area (Å²) in [5, 5.41) is 0. The molecule has 0 aliphatic carbocycles. The molecule has 3 nitrogen and oxygen atoms in total. The second kappa shape index (κ2) is 5.68. The van der Waals surface area contributed by atoms with Crippen LogP contribution >= 0.6 is 0 Å². The molecule has 2 aromatic rings. The first-order valence-corrected chi connectivity index (χ1v) is 5.54. The second-order valence-electron chi connectivity index (χ2n) is 3.72. The van der Waals surface area contributed by atoms with Crippen molar-refractivity contribution in [3.8, 4) is 11.5 Å². The molecule has 0 bridgehead atoms. The number of primary amides is 1. The van der Waals surface area contributed by atoms with Gasteiger partial charge in [-0.3, -0.25) is 4.79 Å². The van der Waals surface area contributed by atoms with E-state index in [4.69, 9.17) is 10.5 Å². The molecule has 2 aromatic carbocycles. The van der Waals surface area contributed by atoms with Gasteiger partial charge in [0.15, 0.2) is 0 Å². The monoisotopic (exact) mass is 239 g/mol. The molecule has 0 saturated carbocycles. The average Bonchev–Trinajstić information content (AvgIpc) is 2.38. The molecule has 2 N–H and O–H groups in total. The first-order valence-electron chi connectivity index (χ1n) is 5.54. The largest absolute Gasteiger partial charge is 0.457 e. The van der Waals surface area contributed by atoms with Crippen LogP contribution in [0.2, 0.25) is 0 Å². The molecular formula is C15H13NO2. The summed E-state index contributed by atoms with van der Waals surface area (Å²) in [4.78, 5) is 10.7. The van der Waals surface area contributed by atoms with Crippen LogP contribution in [0.5, 0.6) is 11.5 Å². The lowest BCUT2D eigenvalue weighted by atomic mass is 10.2. The van der Waals surface area contributed by atoms with Crippen molar-refractivity contribution in [3.05, 3.63) is 66.2 Å². The normalized spacial score (nSPS) is 10.4. The minimum Gasteiger partial charge on any atom is -0.457 e. The van der Waals surface area contributed by atoms with Gasteiger partial charge >= 0.3 is 0 Å². The van der Waals surface area contributed by atoms with Crippen molar-refractivity contribution < 1.29 is 9.53 Å². The summed E-state index contributed by atoms with van der Waals surface area (Å²) in [6.07, 6.45) is 2.97. The molecule has 2 rings (SSSR count). The van der Waals surface area contributed by atoms with Gasteiger partial charge in [-0.15, -0.1) is 0 Å². The van der Waals surface area contributed by atoms with Crippen molar-refractivity contribution in [3.63, 3.8) is 0 Å². The van der Waals surface area contributed by atoms with Crippen molar-refractivity contribution in [2.75, 3.05) is 0 Å². The number of ether oxygens (including phenoxy) is 1. The van der Waals surface area contributed by atoms with Crippen LogP contribution < -0.4 is 10.5 Å². The highest BCUT2D eigenvalue weighted by Crippen LogP contribution is 2.22. The molecule has 18 heavy (non-hydrogen) atoms. The summed E-state index contributed by atoms with van der Waals surface area (Å²) < 4.78 is 5.68. The zero-order valence-electron chi connectivity index (χ0n) is 9.74. The molecule has 0 aliphatic heterocycles. The van der Waals surface area contributed by atoms with Crippen LogP contribution in [0.3, 0.4) is 0 Å². The maximum atomic E-state index is 10.7. The number of carbonyl (C=O) groups is 1. The number of rotatable bonds is 4. The Morgan fingerprint density at radius 2 is 1.72 bits per heavy atom. The first kappa shape index (κ1) is 11.9. The van der Waals surface area contributed by atoms with Gasteiger partial charge in [-0.05, 0) is 35.9 Å². The number of carbonyl (C=O) groups excluding carboxylic acids is 1. The zero-order valence-corrected chi connectivity index (χ0v) is 9.74. The van der Waals surface area contributed by atoms with Crippen LogP contribution in [0, 0.1) is 0 Å². The minimum atomic E-state index is -0.468. The van der Waals surface area contributed by atoms with Gasteiger partial charge < -0.3 is 10.5 Å². The van der Waals surface area contributed by atoms with E-state index in [9.17, 15) is 4.79 Å². The molecule has 0 aromatic heterocycles. The Labute approximate surface area is 106 Å². The van der Waals surface area contributed by atoms with Crippen LogP contribution in [0.4, 0.5) is 0 Å². The summed E-state index contributed by atoms with van der Waals surface area (Å²) in [7, 11) is 0. The molecule has 0 radical (unpaired) electrons. The Morgan fingerprint density at radius 1 is 1.00 bits per heavy atom. The first-order chi connectivity index (χ1) is 8.74. The molecule has 0 heterocycles. The van der Waals surface area contributed by atoms with Crippen molar-refractivity contribution in [1.29, 1.82) is 0 Å². The van der Waals surface area contributed by atoms with E-state index in [0.29, 0.717) is 5.75 Å². The van der Waals surface area contributed by atoms with Gasteiger partial charge in [0.1, 0.15) is 11.5 Å². The van der Waals surface area contributed by atoms with Gasteiger partial charge in [0.25, 0.3) is 0 Å². The third kappa shape index (κ3) is 3.49. The molecule has 0 saturated heterocycles. The second-order valence-corrected chi connectivity index (χ2v) is 3.72. The van der Waals surface area contributed by atoms with Gasteiger partial charge in [0.05, 0.1) is 0 Å². The van der Waals surface area contributed by atoms with E-state index in [1.54, 1.807) is 6.08 Å². The number of benzene rings is 2. The van der Waals surface area contributed by atoms with E-state index in [1.807, 2.05) is 54.6 Å². The number of hydrogen-bond donors (Lipinski definition) is 1. The topological polar surface area (TPSA) is 52.3 Å². The lowest BCUT2D eigenvalue weighted by Gasteiger charge is -2.05. The number of amides is 1. The Kier molecular flexibility index (Phi) is 3.76. The highest BCUT2D eigenvalue weighted by Gasteiger charge is 1.97. The molecule has 0 aliphatic rings.